The van der Waals surface area contributed by atoms with Gasteiger partial charge in [-0.3, -0.25) is 4.90 Å². The minimum Gasteiger partial charge on any atom is -0.364 e. The van der Waals surface area contributed by atoms with Crippen LogP contribution in [0.4, 0.5) is 8.78 Å². The van der Waals surface area contributed by atoms with Crippen molar-refractivity contribution in [1.82, 2.24) is 4.90 Å². The molecule has 1 aliphatic heterocycles. The average molecular weight is 365 g/mol. The molecule has 4 rings (SSSR count). The van der Waals surface area contributed by atoms with E-state index < -0.39 is 18.0 Å². The van der Waals surface area contributed by atoms with Gasteiger partial charge in [-0.05, 0) is 16.7 Å². The molecule has 3 aromatic carbocycles. The van der Waals surface area contributed by atoms with Gasteiger partial charge in [0.1, 0.15) is 6.73 Å². The van der Waals surface area contributed by atoms with E-state index >= 15 is 0 Å². The van der Waals surface area contributed by atoms with Crippen LogP contribution < -0.4 is 0 Å². The summed E-state index contributed by atoms with van der Waals surface area (Å²) < 4.78 is 33.4. The third kappa shape index (κ3) is 3.05. The second kappa shape index (κ2) is 7.59. The Bertz CT molecular complexity index is 759. The Morgan fingerprint density at radius 1 is 0.741 bits per heavy atom. The second-order valence-electron chi connectivity index (χ2n) is 6.68. The van der Waals surface area contributed by atoms with Gasteiger partial charge in [0.15, 0.2) is 0 Å². The van der Waals surface area contributed by atoms with Crippen LogP contribution in [0.15, 0.2) is 91.0 Å². The molecule has 2 nitrogen and oxygen atoms in total. The van der Waals surface area contributed by atoms with Crippen molar-refractivity contribution in [2.45, 2.75) is 18.0 Å². The number of benzene rings is 3. The Morgan fingerprint density at radius 3 is 1.52 bits per heavy atom. The van der Waals surface area contributed by atoms with Crippen molar-refractivity contribution >= 4 is 0 Å². The van der Waals surface area contributed by atoms with Crippen LogP contribution >= 0.6 is 0 Å². The van der Waals surface area contributed by atoms with Crippen LogP contribution in [0.3, 0.4) is 0 Å². The highest BCUT2D eigenvalue weighted by molar-refractivity contribution is 5.50. The molecule has 0 aromatic heterocycles. The van der Waals surface area contributed by atoms with E-state index in [1.807, 2.05) is 91.0 Å². The maximum atomic E-state index is 13.9. The van der Waals surface area contributed by atoms with E-state index in [0.29, 0.717) is 0 Å². The van der Waals surface area contributed by atoms with Gasteiger partial charge < -0.3 is 4.74 Å². The van der Waals surface area contributed by atoms with Crippen LogP contribution in [0.2, 0.25) is 0 Å². The van der Waals surface area contributed by atoms with Crippen molar-refractivity contribution < 1.29 is 13.5 Å². The molecular formula is C23H21F2NO. The van der Waals surface area contributed by atoms with E-state index in [-0.39, 0.29) is 13.3 Å². The fraction of sp³-hybridized carbons (Fsp3) is 0.217. The predicted octanol–water partition coefficient (Wildman–Crippen LogP) is 4.90. The molecule has 3 aromatic rings. The molecular weight excluding hydrogens is 344 g/mol. The van der Waals surface area contributed by atoms with Gasteiger partial charge in [0, 0.05) is 0 Å². The van der Waals surface area contributed by atoms with E-state index in [9.17, 15) is 8.78 Å². The molecule has 1 fully saturated rings. The molecule has 4 heteroatoms. The second-order valence-corrected chi connectivity index (χ2v) is 6.68. The summed E-state index contributed by atoms with van der Waals surface area (Å²) in [5.74, 6) is 0. The Labute approximate surface area is 158 Å². The number of halogens is 2. The first-order chi connectivity index (χ1) is 13.2. The number of hydrogen-bond acceptors (Lipinski definition) is 2. The van der Waals surface area contributed by atoms with Crippen LogP contribution in [0.25, 0.3) is 0 Å². The first-order valence-corrected chi connectivity index (χ1v) is 9.04. The van der Waals surface area contributed by atoms with Gasteiger partial charge in [0.05, 0.1) is 18.2 Å². The predicted molar refractivity (Wildman–Crippen MR) is 102 cm³/mol. The van der Waals surface area contributed by atoms with E-state index in [2.05, 4.69) is 0 Å². The minimum atomic E-state index is -2.50. The van der Waals surface area contributed by atoms with Crippen LogP contribution in [-0.2, 0) is 10.3 Å². The molecule has 0 amide bonds. The maximum absolute atomic E-state index is 13.9. The molecule has 0 saturated carbocycles. The monoisotopic (exact) mass is 365 g/mol. The third-order valence-corrected chi connectivity index (χ3v) is 5.22. The zero-order valence-corrected chi connectivity index (χ0v) is 14.8. The van der Waals surface area contributed by atoms with Crippen LogP contribution in [0.1, 0.15) is 16.7 Å². The third-order valence-electron chi connectivity index (χ3n) is 5.22. The highest BCUT2D eigenvalue weighted by Crippen LogP contribution is 2.45. The van der Waals surface area contributed by atoms with Crippen molar-refractivity contribution in [3.8, 4) is 0 Å². The SMILES string of the molecule is FC(F)[C@@H]1COCN1C(c1ccccc1)(c1ccccc1)c1ccccc1. The summed E-state index contributed by atoms with van der Waals surface area (Å²) in [5.41, 5.74) is 1.97. The van der Waals surface area contributed by atoms with Gasteiger partial charge >= 0.3 is 0 Å². The largest absolute Gasteiger partial charge is 0.364 e. The fourth-order valence-corrected chi connectivity index (χ4v) is 4.05. The van der Waals surface area contributed by atoms with E-state index in [0.717, 1.165) is 16.7 Å². The normalized spacial score (nSPS) is 18.1. The molecule has 0 radical (unpaired) electrons. The Kier molecular flexibility index (Phi) is 5.01. The zero-order chi connectivity index (χ0) is 18.7. The molecule has 1 heterocycles. The summed E-state index contributed by atoms with van der Waals surface area (Å²) in [6, 6.07) is 28.5. The van der Waals surface area contributed by atoms with Crippen LogP contribution in [0.5, 0.6) is 0 Å². The molecule has 0 aliphatic carbocycles. The molecule has 1 saturated heterocycles. The van der Waals surface area contributed by atoms with E-state index in [4.69, 9.17) is 4.74 Å². The number of ether oxygens (including phenoxy) is 1. The van der Waals surface area contributed by atoms with Gasteiger partial charge in [-0.1, -0.05) is 91.0 Å². The highest BCUT2D eigenvalue weighted by Gasteiger charge is 2.49. The zero-order valence-electron chi connectivity index (χ0n) is 14.8. The summed E-state index contributed by atoms with van der Waals surface area (Å²) in [7, 11) is 0. The lowest BCUT2D eigenvalue weighted by Gasteiger charge is -2.45. The molecule has 1 atom stereocenters. The topological polar surface area (TPSA) is 12.5 Å². The molecule has 1 aliphatic rings. The maximum Gasteiger partial charge on any atom is 0.256 e. The van der Waals surface area contributed by atoms with E-state index in [1.165, 1.54) is 0 Å². The summed E-state index contributed by atoms with van der Waals surface area (Å²) in [6.45, 7) is 0.166. The quantitative estimate of drug-likeness (QED) is 0.596. The van der Waals surface area contributed by atoms with Crippen LogP contribution in [0, 0.1) is 0 Å². The average Bonchev–Trinajstić information content (AvgIpc) is 3.22. The minimum absolute atomic E-state index is 0.0198. The molecule has 0 unspecified atom stereocenters. The summed E-state index contributed by atoms with van der Waals surface area (Å²) in [4.78, 5) is 1.80. The number of rotatable bonds is 5. The van der Waals surface area contributed by atoms with Crippen molar-refractivity contribution in [2.75, 3.05) is 13.3 Å². The summed E-state index contributed by atoms with van der Waals surface area (Å²) >= 11 is 0. The number of nitrogens with zero attached hydrogens (tertiary/aromatic N) is 1. The standard InChI is InChI=1S/C23H21F2NO/c24-22(25)21-16-27-17-26(21)23(18-10-4-1-5-11-18,19-12-6-2-7-13-19)20-14-8-3-9-15-20/h1-15,21-22H,16-17H2/t21-/m0/s1. The van der Waals surface area contributed by atoms with Crippen molar-refractivity contribution in [3.63, 3.8) is 0 Å². The Hall–Kier alpha value is -2.56. The highest BCUT2D eigenvalue weighted by atomic mass is 19.3. The number of alkyl halides is 2. The first-order valence-electron chi connectivity index (χ1n) is 9.04. The Balaban J connectivity index is 2.04. The van der Waals surface area contributed by atoms with Gasteiger partial charge in [0.2, 0.25) is 0 Å². The lowest BCUT2D eigenvalue weighted by Crippen LogP contribution is -2.53. The molecule has 0 bridgehead atoms. The van der Waals surface area contributed by atoms with Crippen LogP contribution in [-0.4, -0.2) is 30.7 Å². The van der Waals surface area contributed by atoms with E-state index in [1.54, 1.807) is 4.90 Å². The van der Waals surface area contributed by atoms with Crippen molar-refractivity contribution in [3.05, 3.63) is 108 Å². The number of hydrogen-bond donors (Lipinski definition) is 0. The van der Waals surface area contributed by atoms with Gasteiger partial charge in [-0.2, -0.15) is 0 Å². The van der Waals surface area contributed by atoms with Gasteiger partial charge in [-0.15, -0.1) is 0 Å². The van der Waals surface area contributed by atoms with Crippen molar-refractivity contribution in [2.24, 2.45) is 0 Å². The summed E-state index contributed by atoms with van der Waals surface area (Å²) in [5, 5.41) is 0. The molecule has 138 valence electrons. The lowest BCUT2D eigenvalue weighted by atomic mass is 9.75. The lowest BCUT2D eigenvalue weighted by molar-refractivity contribution is 0.0137. The molecule has 27 heavy (non-hydrogen) atoms. The fourth-order valence-electron chi connectivity index (χ4n) is 4.05. The van der Waals surface area contributed by atoms with Gasteiger partial charge in [0.25, 0.3) is 6.43 Å². The van der Waals surface area contributed by atoms with Gasteiger partial charge in [-0.25, -0.2) is 8.78 Å². The molecule has 0 N–H and O–H groups in total. The molecule has 0 spiro atoms. The van der Waals surface area contributed by atoms with Crippen molar-refractivity contribution in [1.29, 1.82) is 0 Å². The smallest absolute Gasteiger partial charge is 0.256 e. The summed E-state index contributed by atoms with van der Waals surface area (Å²) in [6.07, 6.45) is -2.50. The first kappa shape index (κ1) is 17.8. The Morgan fingerprint density at radius 2 is 1.15 bits per heavy atom.